The zero-order valence-corrected chi connectivity index (χ0v) is 58.7. The Kier molecular flexibility index (Phi) is 13.8. The molecule has 0 unspecified atom stereocenters. The Morgan fingerprint density at radius 2 is 0.760 bits per heavy atom. The van der Waals surface area contributed by atoms with Gasteiger partial charge in [-0.1, -0.05) is 88.6 Å². The van der Waals surface area contributed by atoms with E-state index in [0.29, 0.717) is 62.8 Å². The van der Waals surface area contributed by atoms with Crippen LogP contribution < -0.4 is 18.3 Å². The Hall–Kier alpha value is -10.7. The largest absolute Gasteiger partial charge is 0.437 e. The third-order valence-corrected chi connectivity index (χ3v) is 18.9. The second kappa shape index (κ2) is 27.2. The van der Waals surface area contributed by atoms with E-state index in [1.54, 1.807) is 62.8 Å². The normalized spacial score (nSPS) is 16.7. The number of hydrogen-bond donors (Lipinski definition) is 0. The number of furan rings is 4. The number of benzene rings is 4. The second-order valence-corrected chi connectivity index (χ2v) is 26.4. The summed E-state index contributed by atoms with van der Waals surface area (Å²) in [4.78, 5) is 18.3. The fourth-order valence-corrected chi connectivity index (χ4v) is 13.7. The van der Waals surface area contributed by atoms with Crippen molar-refractivity contribution in [1.29, 1.82) is 0 Å². The van der Waals surface area contributed by atoms with E-state index in [2.05, 4.69) is 74.0 Å². The van der Waals surface area contributed by atoms with Crippen LogP contribution in [0.15, 0.2) is 188 Å². The van der Waals surface area contributed by atoms with Gasteiger partial charge in [0.2, 0.25) is 45.6 Å². The van der Waals surface area contributed by atoms with Crippen molar-refractivity contribution in [2.24, 2.45) is 28.2 Å². The first-order chi connectivity index (χ1) is 54.0. The number of rotatable bonds is 7. The molecule has 16 aromatic rings. The Bertz CT molecular complexity index is 6550. The smallest absolute Gasteiger partial charge is 0.227 e. The topological polar surface area (TPSA) is 120 Å². The highest BCUT2D eigenvalue weighted by atomic mass is 16.4. The summed E-state index contributed by atoms with van der Waals surface area (Å²) in [5.41, 5.74) is 21.4. The summed E-state index contributed by atoms with van der Waals surface area (Å²) >= 11 is 0. The summed E-state index contributed by atoms with van der Waals surface area (Å²) < 4.78 is 152. The summed E-state index contributed by atoms with van der Waals surface area (Å²) in [5, 5.41) is 7.50. The van der Waals surface area contributed by atoms with Crippen molar-refractivity contribution >= 4 is 88.3 Å². The van der Waals surface area contributed by atoms with Crippen molar-refractivity contribution < 1.29 is 56.5 Å². The lowest BCUT2D eigenvalue weighted by Crippen LogP contribution is -2.31. The standard InChI is InChI=1S/C25H27N2O.C22H23N2O.C21H21N2O.C20H19N2O/c1-16-9-14-22(27(3)15-16)23-17(2)10-11-19-20-12-13-21(18-7-5-4-6-8-18)26-25(20)28-24(19)23;1-13(2)18-10-9-17-16-8-7-15(4)20(21(16)25-22(17)23-18)19-11-6-14(3)12-24(19)5;1-5-15-8-10-17-16-9-7-14(3)19(20(16)24-21(17)22-15)18-11-6-13(2)12-23(18)4;1-12-5-10-17(22(4)11-12)18-13(2)6-8-15-16-9-7-14(3)21-20(16)23-19(15)18/h9-15,18H,4-8H2,1-3H3;6-13H,1-5H3;6-12H,5H2,1-4H3;5-11H,1-4H3/q4*+1/i7D2,8D2,18D;3D3,13D;2D3;1D3. The molecule has 1 aliphatic rings. The molecule has 12 aromatic heterocycles. The van der Waals surface area contributed by atoms with E-state index < -0.39 is 45.1 Å². The number of aromatic nitrogens is 8. The molecule has 502 valence electrons. The van der Waals surface area contributed by atoms with Gasteiger partial charge in [0.25, 0.3) is 0 Å². The van der Waals surface area contributed by atoms with E-state index in [9.17, 15) is 0 Å². The minimum Gasteiger partial charge on any atom is -0.437 e. The van der Waals surface area contributed by atoms with Gasteiger partial charge in [-0.25, -0.2) is 38.2 Å². The van der Waals surface area contributed by atoms with E-state index >= 15 is 0 Å². The summed E-state index contributed by atoms with van der Waals surface area (Å²) in [6, 6.07) is 46.2. The minimum absolute atomic E-state index is 0.0721. The maximum Gasteiger partial charge on any atom is 0.227 e. The molecule has 0 aliphatic heterocycles. The average Bonchev–Trinajstić information content (AvgIpc) is 1.67. The van der Waals surface area contributed by atoms with Gasteiger partial charge in [0.1, 0.15) is 28.2 Å². The summed E-state index contributed by atoms with van der Waals surface area (Å²) in [6.07, 6.45) is 4.45. The molecule has 0 atom stereocenters. The van der Waals surface area contributed by atoms with Gasteiger partial charge in [-0.15, -0.1) is 0 Å². The van der Waals surface area contributed by atoms with Crippen molar-refractivity contribution in [2.75, 3.05) is 0 Å². The Morgan fingerprint density at radius 3 is 1.16 bits per heavy atom. The molecule has 0 N–H and O–H groups in total. The van der Waals surface area contributed by atoms with Gasteiger partial charge in [-0.05, 0) is 182 Å². The lowest BCUT2D eigenvalue weighted by Gasteiger charge is -2.20. The lowest BCUT2D eigenvalue weighted by atomic mass is 9.86. The van der Waals surface area contributed by atoms with Crippen molar-refractivity contribution in [1.82, 2.24) is 19.9 Å². The van der Waals surface area contributed by atoms with Crippen LogP contribution in [0.3, 0.4) is 0 Å². The molecule has 12 nitrogen and oxygen atoms in total. The van der Waals surface area contributed by atoms with Crippen LogP contribution in [0.25, 0.3) is 133 Å². The van der Waals surface area contributed by atoms with E-state index in [0.717, 1.165) is 145 Å². The molecular weight excluding hydrogens is 1230 g/mol. The third kappa shape index (κ3) is 12.6. The maximum atomic E-state index is 8.98. The summed E-state index contributed by atoms with van der Waals surface area (Å²) in [6.45, 7) is 11.3. The lowest BCUT2D eigenvalue weighted by molar-refractivity contribution is -0.660. The highest BCUT2D eigenvalue weighted by Gasteiger charge is 2.27. The number of nitrogens with zero attached hydrogens (tertiary/aromatic N) is 8. The van der Waals surface area contributed by atoms with Crippen LogP contribution in [0.4, 0.5) is 0 Å². The van der Waals surface area contributed by atoms with Crippen LogP contribution in [0, 0.1) is 62.1 Å². The highest BCUT2D eigenvalue weighted by molar-refractivity contribution is 6.12. The van der Waals surface area contributed by atoms with Crippen LogP contribution in [-0.4, -0.2) is 19.9 Å². The number of fused-ring (bicyclic) bond motifs is 12. The molecule has 12 heterocycles. The van der Waals surface area contributed by atoms with E-state index in [1.807, 2.05) is 162 Å². The first-order valence-electron chi connectivity index (χ1n) is 41.2. The fourth-order valence-electron chi connectivity index (χ4n) is 13.7. The first kappa shape index (κ1) is 50.6. The zero-order chi connectivity index (χ0) is 82.9. The van der Waals surface area contributed by atoms with E-state index in [4.69, 9.17) is 38.2 Å². The van der Waals surface area contributed by atoms with Gasteiger partial charge in [-0.2, -0.15) is 0 Å². The Labute approximate surface area is 606 Å². The quantitative estimate of drug-likeness (QED) is 0.145. The molecule has 0 bridgehead atoms. The van der Waals surface area contributed by atoms with Gasteiger partial charge in [0.05, 0.1) is 22.3 Å². The van der Waals surface area contributed by atoms with Crippen LogP contribution in [0.5, 0.6) is 0 Å². The maximum absolute atomic E-state index is 8.98. The monoisotopic (exact) mass is 1340 g/mol. The molecule has 0 spiro atoms. The SMILES string of the molecule is [2H]C([2H])([2H])c1ccc(-c2c(C)ccc3c2oc2nc(C([2H])(C)C)ccc23)[n+](C)c1.[2H]C([2H])([2H])c1ccc(-c2c(C)ccc3c2oc2nc(C)ccc23)[n+](C)c1.[2H]C([2H])([2H])c1ccc(-c2c(C)ccc3c2oc2nc(CC)ccc23)[n+](C)c1.[2H]C1([2H])CCCC([2H])([2H])C1([2H])c1ccc2c(n1)oc1c(-c3ccc(C)c[n+]3C)c(C)ccc12. The molecule has 100 heavy (non-hydrogen) atoms. The van der Waals surface area contributed by atoms with E-state index in [-0.39, 0.29) is 18.5 Å². The first-order valence-corrected chi connectivity index (χ1v) is 33.7. The number of hydrogen-bond acceptors (Lipinski definition) is 8. The molecule has 1 fully saturated rings. The molecule has 1 aliphatic carbocycles. The van der Waals surface area contributed by atoms with Crippen LogP contribution in [0.2, 0.25) is 0 Å². The van der Waals surface area contributed by atoms with Crippen molar-refractivity contribution in [2.45, 2.75) is 133 Å². The van der Waals surface area contributed by atoms with Crippen molar-refractivity contribution in [3.8, 4) is 45.0 Å². The molecule has 0 amide bonds. The Morgan fingerprint density at radius 1 is 0.410 bits per heavy atom. The van der Waals surface area contributed by atoms with Crippen LogP contribution in [0.1, 0.15) is 152 Å². The predicted octanol–water partition coefficient (Wildman–Crippen LogP) is 20.4. The van der Waals surface area contributed by atoms with Gasteiger partial charge >= 0.3 is 0 Å². The number of aryl methyl sites for hydroxylation is 14. The molecule has 17 rings (SSSR count). The number of pyridine rings is 8. The predicted molar refractivity (Wildman–Crippen MR) is 404 cm³/mol. The second-order valence-electron chi connectivity index (χ2n) is 26.4. The Balaban J connectivity index is 0.000000127. The molecule has 1 saturated carbocycles. The summed E-state index contributed by atoms with van der Waals surface area (Å²) in [5.74, 6) is -2.93. The van der Waals surface area contributed by atoms with Gasteiger partial charge < -0.3 is 17.7 Å². The molecule has 4 aromatic carbocycles. The van der Waals surface area contributed by atoms with Gasteiger partial charge in [0.15, 0.2) is 47.1 Å². The van der Waals surface area contributed by atoms with Gasteiger partial charge in [0, 0.05) is 139 Å². The fraction of sp³-hybridized carbons (Fsp3) is 0.273. The molecule has 0 saturated heterocycles. The third-order valence-electron chi connectivity index (χ3n) is 18.9. The van der Waals surface area contributed by atoms with Crippen LogP contribution >= 0.6 is 0 Å². The molecule has 0 radical (unpaired) electrons. The average molecular weight is 1340 g/mol. The van der Waals surface area contributed by atoms with Gasteiger partial charge in [-0.3, -0.25) is 0 Å². The minimum atomic E-state index is -2.15. The molecular formula is C88H90N8O4+4. The zero-order valence-electron chi connectivity index (χ0n) is 73.7. The van der Waals surface area contributed by atoms with Crippen LogP contribution in [-0.2, 0) is 34.6 Å². The molecule has 12 heteroatoms. The van der Waals surface area contributed by atoms with Crippen molar-refractivity contribution in [3.05, 3.63) is 238 Å². The van der Waals surface area contributed by atoms with Crippen molar-refractivity contribution in [3.63, 3.8) is 0 Å². The summed E-state index contributed by atoms with van der Waals surface area (Å²) in [7, 11) is 7.55. The highest BCUT2D eigenvalue weighted by Crippen LogP contribution is 2.42. The van der Waals surface area contributed by atoms with E-state index in [1.165, 1.54) is 0 Å².